The molecule has 0 aliphatic carbocycles. The molecule has 1 N–H and O–H groups in total. The molecule has 0 spiro atoms. The Morgan fingerprint density at radius 3 is 2.53 bits per heavy atom. The van der Waals surface area contributed by atoms with Gasteiger partial charge in [-0.2, -0.15) is 0 Å². The van der Waals surface area contributed by atoms with Gasteiger partial charge in [-0.3, -0.25) is 4.79 Å². The summed E-state index contributed by atoms with van der Waals surface area (Å²) in [5.41, 5.74) is 5.44. The van der Waals surface area contributed by atoms with Gasteiger partial charge in [-0.15, -0.1) is 0 Å². The smallest absolute Gasteiger partial charge is 0.251 e. The number of hydrogen-bond donors (Lipinski definition) is 1. The van der Waals surface area contributed by atoms with Gasteiger partial charge in [0.25, 0.3) is 5.91 Å². The fourth-order valence-corrected chi connectivity index (χ4v) is 4.75. The van der Waals surface area contributed by atoms with Crippen molar-refractivity contribution in [3.05, 3.63) is 95.3 Å². The van der Waals surface area contributed by atoms with Gasteiger partial charge >= 0.3 is 0 Å². The summed E-state index contributed by atoms with van der Waals surface area (Å²) < 4.78 is 8.36. The van der Waals surface area contributed by atoms with Gasteiger partial charge in [0.1, 0.15) is 11.6 Å². The zero-order valence-electron chi connectivity index (χ0n) is 23.1. The maximum atomic E-state index is 12.3. The van der Waals surface area contributed by atoms with Crippen LogP contribution in [0.1, 0.15) is 79.2 Å². The van der Waals surface area contributed by atoms with Crippen molar-refractivity contribution in [2.45, 2.75) is 71.8 Å². The first-order valence-corrected chi connectivity index (χ1v) is 14.0. The summed E-state index contributed by atoms with van der Waals surface area (Å²) in [7, 11) is 0. The monoisotopic (exact) mass is 511 g/mol. The number of nitrogens with zero attached hydrogens (tertiary/aromatic N) is 2. The quantitative estimate of drug-likeness (QED) is 0.179. The topological polar surface area (TPSA) is 56.2 Å². The molecule has 1 heterocycles. The number of aryl methyl sites for hydroxylation is 3. The standard InChI is InChI=1S/C33H41N3O2/c1-25(2)27-17-19-29(20-18-27)38-23-10-9-22-36-31-15-7-6-14-30(31)35-32(36)16-5-4-8-21-34-33(37)28-13-11-12-26(3)24-28/h6-7,11-15,17-20,24-25H,4-5,8-10,16,21-23H2,1-3H3,(H,34,37). The third-order valence-corrected chi connectivity index (χ3v) is 6.97. The first kappa shape index (κ1) is 27.4. The number of aromatic nitrogens is 2. The molecule has 4 rings (SSSR count). The SMILES string of the molecule is Cc1cccc(C(=O)NCCCCCc2nc3ccccc3n2CCCCOc2ccc(C(C)C)cc2)c1. The average Bonchev–Trinajstić information content (AvgIpc) is 3.27. The van der Waals surface area contributed by atoms with Crippen LogP contribution in [0.5, 0.6) is 5.75 Å². The van der Waals surface area contributed by atoms with E-state index in [2.05, 4.69) is 72.3 Å². The van der Waals surface area contributed by atoms with Crippen molar-refractivity contribution in [2.75, 3.05) is 13.2 Å². The lowest BCUT2D eigenvalue weighted by Gasteiger charge is -2.11. The van der Waals surface area contributed by atoms with Crippen LogP contribution in [-0.4, -0.2) is 28.6 Å². The number of amides is 1. The number of benzene rings is 3. The molecule has 0 unspecified atom stereocenters. The molecule has 200 valence electrons. The van der Waals surface area contributed by atoms with Crippen molar-refractivity contribution < 1.29 is 9.53 Å². The molecule has 0 bridgehead atoms. The Morgan fingerprint density at radius 2 is 1.74 bits per heavy atom. The van der Waals surface area contributed by atoms with Crippen LogP contribution in [0.25, 0.3) is 11.0 Å². The number of nitrogens with one attached hydrogen (secondary N) is 1. The molecular formula is C33H41N3O2. The maximum absolute atomic E-state index is 12.3. The van der Waals surface area contributed by atoms with E-state index >= 15 is 0 Å². The number of imidazole rings is 1. The van der Waals surface area contributed by atoms with Crippen LogP contribution in [0.4, 0.5) is 0 Å². The summed E-state index contributed by atoms with van der Waals surface area (Å²) in [6.45, 7) is 8.78. The van der Waals surface area contributed by atoms with Crippen molar-refractivity contribution >= 4 is 16.9 Å². The van der Waals surface area contributed by atoms with Crippen molar-refractivity contribution in [3.63, 3.8) is 0 Å². The molecule has 0 atom stereocenters. The molecule has 38 heavy (non-hydrogen) atoms. The molecule has 4 aromatic rings. The number of rotatable bonds is 14. The highest BCUT2D eigenvalue weighted by atomic mass is 16.5. The molecular weight excluding hydrogens is 470 g/mol. The summed E-state index contributed by atoms with van der Waals surface area (Å²) in [5.74, 6) is 2.64. The second-order valence-corrected chi connectivity index (χ2v) is 10.4. The Bertz CT molecular complexity index is 1310. The first-order chi connectivity index (χ1) is 18.5. The van der Waals surface area contributed by atoms with E-state index in [4.69, 9.17) is 9.72 Å². The summed E-state index contributed by atoms with van der Waals surface area (Å²) in [5, 5.41) is 3.05. The van der Waals surface area contributed by atoms with Crippen LogP contribution in [0.15, 0.2) is 72.8 Å². The molecule has 0 fully saturated rings. The van der Waals surface area contributed by atoms with Crippen molar-refractivity contribution in [2.24, 2.45) is 0 Å². The largest absolute Gasteiger partial charge is 0.494 e. The lowest BCUT2D eigenvalue weighted by molar-refractivity contribution is 0.0953. The molecule has 1 aromatic heterocycles. The van der Waals surface area contributed by atoms with Crippen LogP contribution in [0, 0.1) is 6.92 Å². The van der Waals surface area contributed by atoms with Gasteiger partial charge < -0.3 is 14.6 Å². The van der Waals surface area contributed by atoms with E-state index in [1.54, 1.807) is 0 Å². The van der Waals surface area contributed by atoms with Gasteiger partial charge in [0.05, 0.1) is 17.6 Å². The number of hydrogen-bond acceptors (Lipinski definition) is 3. The Kier molecular flexibility index (Phi) is 9.97. The van der Waals surface area contributed by atoms with Gasteiger partial charge in [0.15, 0.2) is 0 Å². The highest BCUT2D eigenvalue weighted by Crippen LogP contribution is 2.20. The summed E-state index contributed by atoms with van der Waals surface area (Å²) >= 11 is 0. The highest BCUT2D eigenvalue weighted by molar-refractivity contribution is 5.94. The molecule has 1 amide bonds. The lowest BCUT2D eigenvalue weighted by Crippen LogP contribution is -2.24. The minimum absolute atomic E-state index is 0.00652. The van der Waals surface area contributed by atoms with E-state index in [1.807, 2.05) is 31.2 Å². The first-order valence-electron chi connectivity index (χ1n) is 14.0. The van der Waals surface area contributed by atoms with E-state index in [1.165, 1.54) is 11.1 Å². The Morgan fingerprint density at radius 1 is 0.921 bits per heavy atom. The molecule has 0 aliphatic heterocycles. The second-order valence-electron chi connectivity index (χ2n) is 10.4. The van der Waals surface area contributed by atoms with E-state index in [0.717, 1.165) is 79.9 Å². The average molecular weight is 512 g/mol. The molecule has 0 saturated heterocycles. The maximum Gasteiger partial charge on any atom is 0.251 e. The summed E-state index contributed by atoms with van der Waals surface area (Å²) in [6, 6.07) is 24.6. The van der Waals surface area contributed by atoms with Gasteiger partial charge in [0, 0.05) is 25.1 Å². The fraction of sp³-hybridized carbons (Fsp3) is 0.394. The predicted molar refractivity (Wildman–Crippen MR) is 156 cm³/mol. The molecule has 0 radical (unpaired) electrons. The fourth-order valence-electron chi connectivity index (χ4n) is 4.75. The van der Waals surface area contributed by atoms with Crippen LogP contribution in [0.2, 0.25) is 0 Å². The molecule has 3 aromatic carbocycles. The van der Waals surface area contributed by atoms with Gasteiger partial charge in [-0.25, -0.2) is 4.98 Å². The number of carbonyl (C=O) groups excluding carboxylic acids is 1. The molecule has 5 nitrogen and oxygen atoms in total. The van der Waals surface area contributed by atoms with Crippen molar-refractivity contribution in [1.29, 1.82) is 0 Å². The third-order valence-electron chi connectivity index (χ3n) is 6.97. The minimum Gasteiger partial charge on any atom is -0.494 e. The van der Waals surface area contributed by atoms with E-state index in [-0.39, 0.29) is 5.91 Å². The lowest BCUT2D eigenvalue weighted by atomic mass is 10.0. The van der Waals surface area contributed by atoms with Crippen LogP contribution < -0.4 is 10.1 Å². The molecule has 0 saturated carbocycles. The van der Waals surface area contributed by atoms with Crippen molar-refractivity contribution in [1.82, 2.24) is 14.9 Å². The molecule has 5 heteroatoms. The zero-order chi connectivity index (χ0) is 26.7. The molecule has 0 aliphatic rings. The van der Waals surface area contributed by atoms with E-state index in [9.17, 15) is 4.79 Å². The second kappa shape index (κ2) is 13.8. The predicted octanol–water partition coefficient (Wildman–Crippen LogP) is 7.47. The summed E-state index contributed by atoms with van der Waals surface area (Å²) in [6.07, 6.45) is 6.06. The number of ether oxygens (including phenoxy) is 1. The van der Waals surface area contributed by atoms with Gasteiger partial charge in [-0.05, 0) is 80.5 Å². The normalized spacial score (nSPS) is 11.3. The Hall–Kier alpha value is -3.60. The number of carbonyl (C=O) groups is 1. The van der Waals surface area contributed by atoms with Crippen molar-refractivity contribution in [3.8, 4) is 5.75 Å². The minimum atomic E-state index is 0.00652. The Labute approximate surface area is 227 Å². The zero-order valence-corrected chi connectivity index (χ0v) is 23.1. The van der Waals surface area contributed by atoms with Gasteiger partial charge in [-0.1, -0.05) is 62.2 Å². The highest BCUT2D eigenvalue weighted by Gasteiger charge is 2.10. The van der Waals surface area contributed by atoms with E-state index < -0.39 is 0 Å². The third kappa shape index (κ3) is 7.70. The van der Waals surface area contributed by atoms with Gasteiger partial charge in [0.2, 0.25) is 0 Å². The van der Waals surface area contributed by atoms with Crippen LogP contribution in [0.3, 0.4) is 0 Å². The van der Waals surface area contributed by atoms with Crippen LogP contribution in [-0.2, 0) is 13.0 Å². The number of unbranched alkanes of at least 4 members (excludes halogenated alkanes) is 3. The Balaban J connectivity index is 1.21. The summed E-state index contributed by atoms with van der Waals surface area (Å²) in [4.78, 5) is 17.3. The number of fused-ring (bicyclic) bond motifs is 1. The van der Waals surface area contributed by atoms with Crippen LogP contribution >= 0.6 is 0 Å². The number of para-hydroxylation sites is 2. The van der Waals surface area contributed by atoms with E-state index in [0.29, 0.717) is 12.5 Å².